The van der Waals surface area contributed by atoms with Gasteiger partial charge in [-0.3, -0.25) is 4.99 Å². The van der Waals surface area contributed by atoms with Crippen molar-refractivity contribution < 1.29 is 9.13 Å². The smallest absolute Gasteiger partial charge is 0.193 e. The molecule has 1 aromatic heterocycles. The molecule has 0 bridgehead atoms. The van der Waals surface area contributed by atoms with Crippen molar-refractivity contribution >= 4 is 29.9 Å². The Morgan fingerprint density at radius 2 is 2.04 bits per heavy atom. The third kappa shape index (κ3) is 6.77. The van der Waals surface area contributed by atoms with Crippen LogP contribution in [-0.4, -0.2) is 53.4 Å². The summed E-state index contributed by atoms with van der Waals surface area (Å²) in [7, 11) is 5.12. The second-order valence-electron chi connectivity index (χ2n) is 5.71. The highest BCUT2D eigenvalue weighted by Crippen LogP contribution is 2.18. The van der Waals surface area contributed by atoms with Crippen LogP contribution < -0.4 is 10.1 Å². The van der Waals surface area contributed by atoms with E-state index in [0.29, 0.717) is 6.54 Å². The van der Waals surface area contributed by atoms with Crippen LogP contribution in [0.1, 0.15) is 18.4 Å². The number of nitrogens with one attached hydrogen (secondary N) is 1. The SMILES string of the molecule is CN=C(NCCCCn1cnnc1)N(C)Cc1ccc(OC)c(F)c1.I. The highest BCUT2D eigenvalue weighted by molar-refractivity contribution is 14.0. The lowest BCUT2D eigenvalue weighted by atomic mass is 10.2. The van der Waals surface area contributed by atoms with Crippen LogP contribution in [0.4, 0.5) is 4.39 Å². The summed E-state index contributed by atoms with van der Waals surface area (Å²) in [5.41, 5.74) is 0.858. The van der Waals surface area contributed by atoms with Gasteiger partial charge >= 0.3 is 0 Å². The number of aliphatic imine (C=N–C) groups is 1. The summed E-state index contributed by atoms with van der Waals surface area (Å²) in [5.74, 6) is 0.674. The largest absolute Gasteiger partial charge is 0.494 e. The lowest BCUT2D eigenvalue weighted by molar-refractivity contribution is 0.385. The zero-order valence-electron chi connectivity index (χ0n) is 15.4. The van der Waals surface area contributed by atoms with Crippen LogP contribution in [-0.2, 0) is 13.1 Å². The van der Waals surface area contributed by atoms with Gasteiger partial charge < -0.3 is 19.5 Å². The van der Waals surface area contributed by atoms with Crippen molar-refractivity contribution in [1.29, 1.82) is 0 Å². The summed E-state index contributed by atoms with van der Waals surface area (Å²) in [6.07, 6.45) is 5.46. The van der Waals surface area contributed by atoms with Crippen molar-refractivity contribution in [2.24, 2.45) is 4.99 Å². The van der Waals surface area contributed by atoms with Gasteiger partial charge in [0.15, 0.2) is 17.5 Å². The lowest BCUT2D eigenvalue weighted by Crippen LogP contribution is -2.38. The molecule has 0 unspecified atom stereocenters. The van der Waals surface area contributed by atoms with Crippen LogP contribution in [0.2, 0.25) is 0 Å². The fourth-order valence-electron chi connectivity index (χ4n) is 2.50. The Kier molecular flexibility index (Phi) is 9.92. The molecule has 1 heterocycles. The standard InChI is InChI=1S/C17H25FN6O.HI/c1-19-17(20-8-4-5-9-24-12-21-22-13-24)23(2)11-14-6-7-16(25-3)15(18)10-14;/h6-7,10,12-13H,4-5,8-9,11H2,1-3H3,(H,19,20);1H. The van der Waals surface area contributed by atoms with Crippen LogP contribution in [0.15, 0.2) is 35.8 Å². The van der Waals surface area contributed by atoms with E-state index in [2.05, 4.69) is 20.5 Å². The second kappa shape index (κ2) is 11.7. The maximum absolute atomic E-state index is 13.8. The number of methoxy groups -OCH3 is 1. The molecule has 7 nitrogen and oxygen atoms in total. The topological polar surface area (TPSA) is 67.6 Å². The first-order valence-electron chi connectivity index (χ1n) is 8.20. The summed E-state index contributed by atoms with van der Waals surface area (Å²) in [6.45, 7) is 2.27. The number of rotatable bonds is 8. The Hall–Kier alpha value is -1.91. The molecule has 2 aromatic rings. The first-order chi connectivity index (χ1) is 12.1. The van der Waals surface area contributed by atoms with Crippen LogP contribution in [0.5, 0.6) is 5.75 Å². The fraction of sp³-hybridized carbons (Fsp3) is 0.471. The van der Waals surface area contributed by atoms with E-state index in [1.165, 1.54) is 13.2 Å². The van der Waals surface area contributed by atoms with Crippen LogP contribution in [0.3, 0.4) is 0 Å². The molecule has 0 aliphatic rings. The Labute approximate surface area is 170 Å². The molecular weight excluding hydrogens is 450 g/mol. The molecule has 2 rings (SSSR count). The van der Waals surface area contributed by atoms with E-state index < -0.39 is 0 Å². The van der Waals surface area contributed by atoms with Crippen molar-refractivity contribution in [3.8, 4) is 5.75 Å². The van der Waals surface area contributed by atoms with Crippen molar-refractivity contribution in [2.45, 2.75) is 25.9 Å². The van der Waals surface area contributed by atoms with E-state index in [-0.39, 0.29) is 35.5 Å². The number of hydrogen-bond donors (Lipinski definition) is 1. The first kappa shape index (κ1) is 22.1. The van der Waals surface area contributed by atoms with E-state index in [1.807, 2.05) is 22.6 Å². The molecule has 0 aliphatic heterocycles. The number of halogens is 2. The molecule has 0 saturated carbocycles. The van der Waals surface area contributed by atoms with Gasteiger partial charge in [-0.15, -0.1) is 34.2 Å². The molecular formula is C17H26FIN6O. The van der Waals surface area contributed by atoms with Gasteiger partial charge in [0, 0.05) is 33.7 Å². The minimum Gasteiger partial charge on any atom is -0.494 e. The minimum absolute atomic E-state index is 0. The molecule has 0 atom stereocenters. The zero-order chi connectivity index (χ0) is 18.1. The highest BCUT2D eigenvalue weighted by Gasteiger charge is 2.09. The summed E-state index contributed by atoms with van der Waals surface area (Å²) in [5, 5.41) is 10.9. The van der Waals surface area contributed by atoms with Gasteiger partial charge in [0.2, 0.25) is 0 Å². The van der Waals surface area contributed by atoms with E-state index in [4.69, 9.17) is 4.74 Å². The van der Waals surface area contributed by atoms with Crippen LogP contribution in [0, 0.1) is 5.82 Å². The van der Waals surface area contributed by atoms with Gasteiger partial charge in [-0.05, 0) is 30.5 Å². The molecule has 1 N–H and O–H groups in total. The Bertz CT molecular complexity index is 680. The highest BCUT2D eigenvalue weighted by atomic mass is 127. The Morgan fingerprint density at radius 1 is 1.31 bits per heavy atom. The van der Waals surface area contributed by atoms with Crippen LogP contribution >= 0.6 is 24.0 Å². The van der Waals surface area contributed by atoms with Crippen molar-refractivity contribution in [2.75, 3.05) is 27.7 Å². The van der Waals surface area contributed by atoms with Gasteiger partial charge in [-0.1, -0.05) is 6.07 Å². The summed E-state index contributed by atoms with van der Waals surface area (Å²) in [4.78, 5) is 6.23. The number of ether oxygens (including phenoxy) is 1. The van der Waals surface area contributed by atoms with E-state index in [1.54, 1.807) is 25.8 Å². The number of nitrogens with zero attached hydrogens (tertiary/aromatic N) is 5. The predicted octanol–water partition coefficient (Wildman–Crippen LogP) is 2.53. The number of hydrogen-bond acceptors (Lipinski definition) is 4. The van der Waals surface area contributed by atoms with Gasteiger partial charge in [0.25, 0.3) is 0 Å². The van der Waals surface area contributed by atoms with Crippen LogP contribution in [0.25, 0.3) is 0 Å². The molecule has 0 amide bonds. The zero-order valence-corrected chi connectivity index (χ0v) is 17.7. The molecule has 1 aromatic carbocycles. The Balaban J connectivity index is 0.00000338. The third-order valence-electron chi connectivity index (χ3n) is 3.80. The second-order valence-corrected chi connectivity index (χ2v) is 5.71. The predicted molar refractivity (Wildman–Crippen MR) is 110 cm³/mol. The van der Waals surface area contributed by atoms with E-state index >= 15 is 0 Å². The number of benzene rings is 1. The number of aryl methyl sites for hydroxylation is 1. The average Bonchev–Trinajstić information content (AvgIpc) is 3.11. The summed E-state index contributed by atoms with van der Waals surface area (Å²) >= 11 is 0. The molecule has 0 saturated heterocycles. The first-order valence-corrected chi connectivity index (χ1v) is 8.20. The van der Waals surface area contributed by atoms with Crippen molar-refractivity contribution in [3.63, 3.8) is 0 Å². The quantitative estimate of drug-likeness (QED) is 0.275. The van der Waals surface area contributed by atoms with E-state index in [9.17, 15) is 4.39 Å². The maximum atomic E-state index is 13.8. The summed E-state index contributed by atoms with van der Waals surface area (Å²) in [6, 6.07) is 4.98. The minimum atomic E-state index is -0.356. The van der Waals surface area contributed by atoms with Gasteiger partial charge in [0.1, 0.15) is 12.7 Å². The number of aromatic nitrogens is 3. The fourth-order valence-corrected chi connectivity index (χ4v) is 2.50. The molecule has 144 valence electrons. The lowest BCUT2D eigenvalue weighted by Gasteiger charge is -2.22. The molecule has 0 spiro atoms. The molecule has 0 radical (unpaired) electrons. The monoisotopic (exact) mass is 476 g/mol. The molecule has 9 heteroatoms. The van der Waals surface area contributed by atoms with Crippen molar-refractivity contribution in [3.05, 3.63) is 42.2 Å². The maximum Gasteiger partial charge on any atom is 0.193 e. The van der Waals surface area contributed by atoms with Gasteiger partial charge in [-0.25, -0.2) is 4.39 Å². The molecule has 26 heavy (non-hydrogen) atoms. The molecule has 0 fully saturated rings. The van der Waals surface area contributed by atoms with Gasteiger partial charge in [-0.2, -0.15) is 0 Å². The van der Waals surface area contributed by atoms with E-state index in [0.717, 1.165) is 37.5 Å². The van der Waals surface area contributed by atoms with Crippen molar-refractivity contribution in [1.82, 2.24) is 25.0 Å². The van der Waals surface area contributed by atoms with Gasteiger partial charge in [0.05, 0.1) is 7.11 Å². The molecule has 0 aliphatic carbocycles. The summed E-state index contributed by atoms with van der Waals surface area (Å²) < 4.78 is 20.7. The number of guanidine groups is 1. The number of unbranched alkanes of at least 4 members (excludes halogenated alkanes) is 1. The Morgan fingerprint density at radius 3 is 2.65 bits per heavy atom. The normalized spacial score (nSPS) is 11.0. The average molecular weight is 476 g/mol. The third-order valence-corrected chi connectivity index (χ3v) is 3.80.